The number of rotatable bonds is 16. The van der Waals surface area contributed by atoms with Gasteiger partial charge in [-0.1, -0.05) is 24.3 Å². The van der Waals surface area contributed by atoms with Crippen molar-refractivity contribution in [3.63, 3.8) is 0 Å². The van der Waals surface area contributed by atoms with E-state index in [2.05, 4.69) is 12.1 Å². The van der Waals surface area contributed by atoms with E-state index >= 15 is 0 Å². The Morgan fingerprint density at radius 1 is 0.542 bits per heavy atom. The summed E-state index contributed by atoms with van der Waals surface area (Å²) in [5, 5.41) is 9.34. The first-order valence-corrected chi connectivity index (χ1v) is 19.4. The number of carbonyl (C=O) groups excluding carboxylic acids is 1. The van der Waals surface area contributed by atoms with Crippen molar-refractivity contribution in [3.8, 4) is 56.3 Å². The summed E-state index contributed by atoms with van der Waals surface area (Å²) in [6, 6.07) is 31.1. The van der Waals surface area contributed by atoms with Crippen LogP contribution in [0.4, 0.5) is 0 Å². The topological polar surface area (TPSA) is 126 Å². The number of ether oxygens (including phenoxy) is 5. The summed E-state index contributed by atoms with van der Waals surface area (Å²) in [5.74, 6) is 0.333. The van der Waals surface area contributed by atoms with Crippen molar-refractivity contribution < 1.29 is 38.4 Å². The van der Waals surface area contributed by atoms with Crippen molar-refractivity contribution >= 4 is 11.9 Å². The Hall–Kier alpha value is -6.36. The number of benzene rings is 4. The molecule has 0 atom stereocenters. The van der Waals surface area contributed by atoms with Gasteiger partial charge in [0.25, 0.3) is 0 Å². The predicted octanol–water partition coefficient (Wildman–Crippen LogP) is 10.1. The molecule has 2 aromatic heterocycles. The number of carboxylic acids is 1. The van der Waals surface area contributed by atoms with Gasteiger partial charge in [-0.15, -0.1) is 0 Å². The highest BCUT2D eigenvalue weighted by atomic mass is 16.5. The lowest BCUT2D eigenvalue weighted by Crippen LogP contribution is -2.04. The number of esters is 1. The maximum Gasteiger partial charge on any atom is 0.338 e. The summed E-state index contributed by atoms with van der Waals surface area (Å²) in [6.45, 7) is 5.14. The van der Waals surface area contributed by atoms with Gasteiger partial charge >= 0.3 is 11.9 Å². The van der Waals surface area contributed by atoms with Crippen molar-refractivity contribution in [2.75, 3.05) is 48.8 Å². The Morgan fingerprint density at radius 3 is 1.31 bits per heavy atom. The molecule has 0 saturated heterocycles. The molecule has 0 aliphatic heterocycles. The molecule has 6 rings (SSSR count). The zero-order chi connectivity index (χ0) is 42.3. The minimum atomic E-state index is -0.920. The van der Waals surface area contributed by atoms with Crippen LogP contribution in [0.2, 0.25) is 0 Å². The molecule has 10 nitrogen and oxygen atoms in total. The zero-order valence-electron chi connectivity index (χ0n) is 34.8. The molecule has 59 heavy (non-hydrogen) atoms. The molecule has 306 valence electrons. The second-order valence-corrected chi connectivity index (χ2v) is 14.0. The van der Waals surface area contributed by atoms with Gasteiger partial charge in [-0.2, -0.15) is 0 Å². The highest BCUT2D eigenvalue weighted by molar-refractivity contribution is 5.93. The Bertz CT molecular complexity index is 2340. The monoisotopic (exact) mass is 796 g/mol. The van der Waals surface area contributed by atoms with Crippen molar-refractivity contribution in [3.05, 3.63) is 143 Å². The number of hydrogen-bond acceptors (Lipinski definition) is 9. The minimum absolute atomic E-state index is 0.309. The summed E-state index contributed by atoms with van der Waals surface area (Å²) in [7, 11) is 8.09. The summed E-state index contributed by atoms with van der Waals surface area (Å²) in [5.41, 5.74) is 12.4. The maximum absolute atomic E-state index is 12.0. The molecule has 0 saturated carbocycles. The van der Waals surface area contributed by atoms with Crippen molar-refractivity contribution in [2.45, 2.75) is 39.5 Å². The number of carbonyl (C=O) groups is 2. The van der Waals surface area contributed by atoms with Gasteiger partial charge < -0.3 is 28.8 Å². The van der Waals surface area contributed by atoms with Gasteiger partial charge in [-0.05, 0) is 146 Å². The first kappa shape index (κ1) is 43.8. The second kappa shape index (κ2) is 21.4. The molecule has 6 aromatic rings. The van der Waals surface area contributed by atoms with E-state index in [4.69, 9.17) is 33.7 Å². The molecule has 0 radical (unpaired) electrons. The lowest BCUT2D eigenvalue weighted by molar-refractivity contribution is 0.0599. The van der Waals surface area contributed by atoms with Crippen LogP contribution in [0.3, 0.4) is 0 Å². The smallest absolute Gasteiger partial charge is 0.338 e. The number of methoxy groups -OCH3 is 5. The van der Waals surface area contributed by atoms with Crippen LogP contribution in [0.25, 0.3) is 44.8 Å². The molecule has 2 heterocycles. The maximum atomic E-state index is 12.0. The number of aromatic carboxylic acids is 1. The Kier molecular flexibility index (Phi) is 15.9. The third kappa shape index (κ3) is 11.4. The van der Waals surface area contributed by atoms with E-state index < -0.39 is 5.97 Å². The molecule has 1 N–H and O–H groups in total. The second-order valence-electron chi connectivity index (χ2n) is 14.0. The summed E-state index contributed by atoms with van der Waals surface area (Å²) in [4.78, 5) is 32.9. The molecular weight excluding hydrogens is 745 g/mol. The molecule has 0 aliphatic carbocycles. The van der Waals surface area contributed by atoms with E-state index in [0.29, 0.717) is 24.3 Å². The number of aromatic nitrogens is 2. The van der Waals surface area contributed by atoms with Crippen LogP contribution < -0.4 is 9.47 Å². The SMILES string of the molecule is COCCCc1cnc(-c2ccc(OC)cc2)c(-c2ccc(C(=O)O)c(C)c2)c1.COCCCc1cnc(-c2ccc(OC)cc2)c(-c2ccc(C(=O)OC)c(C)c2)c1. The molecule has 10 heteroatoms. The van der Waals surface area contributed by atoms with Gasteiger partial charge in [0.2, 0.25) is 0 Å². The molecule has 0 amide bonds. The first-order chi connectivity index (χ1) is 28.6. The Morgan fingerprint density at radius 2 is 0.949 bits per heavy atom. The number of pyridine rings is 2. The standard InChI is InChI=1S/C25H27NO4.C24H25NO4/c1-17-14-20(9-12-22(17)25(27)30-4)23-15-18(6-5-13-28-2)16-26-24(23)19-7-10-21(29-3)11-8-19;1-16-13-19(8-11-21(16)24(26)27)22-14-17(5-4-12-28-2)15-25-23(22)18-6-9-20(29-3)10-7-18/h7-12,14-16H,5-6,13H2,1-4H3;6-11,13-15H,4-5,12H2,1-3H3,(H,26,27). The molecule has 0 aliphatic rings. The van der Waals surface area contributed by atoms with Gasteiger partial charge in [0.1, 0.15) is 11.5 Å². The molecular formula is C49H52N2O8. The highest BCUT2D eigenvalue weighted by Crippen LogP contribution is 2.35. The normalized spacial score (nSPS) is 10.7. The van der Waals surface area contributed by atoms with Gasteiger partial charge in [-0.3, -0.25) is 9.97 Å². The summed E-state index contributed by atoms with van der Waals surface area (Å²) in [6.07, 6.45) is 7.42. The average molecular weight is 797 g/mol. The summed E-state index contributed by atoms with van der Waals surface area (Å²) < 4.78 is 25.7. The molecule has 0 fully saturated rings. The van der Waals surface area contributed by atoms with Crippen molar-refractivity contribution in [1.29, 1.82) is 0 Å². The Balaban J connectivity index is 0.000000224. The van der Waals surface area contributed by atoms with E-state index in [9.17, 15) is 14.7 Å². The fourth-order valence-corrected chi connectivity index (χ4v) is 6.77. The minimum Gasteiger partial charge on any atom is -0.497 e. The van der Waals surface area contributed by atoms with Crippen LogP contribution in [-0.2, 0) is 27.1 Å². The molecule has 4 aromatic carbocycles. The molecule has 0 unspecified atom stereocenters. The van der Waals surface area contributed by atoms with Gasteiger partial charge in [0.15, 0.2) is 0 Å². The van der Waals surface area contributed by atoms with E-state index in [-0.39, 0.29) is 5.97 Å². The van der Waals surface area contributed by atoms with E-state index in [1.807, 2.05) is 105 Å². The Labute approximate surface area is 346 Å². The zero-order valence-corrected chi connectivity index (χ0v) is 34.8. The number of hydrogen-bond donors (Lipinski definition) is 1. The van der Waals surface area contributed by atoms with Gasteiger partial charge in [0, 0.05) is 62.1 Å². The fraction of sp³-hybridized carbons (Fsp3) is 0.265. The van der Waals surface area contributed by atoms with Crippen LogP contribution in [0.1, 0.15) is 55.8 Å². The van der Waals surface area contributed by atoms with Crippen LogP contribution in [0.5, 0.6) is 11.5 Å². The van der Waals surface area contributed by atoms with Gasteiger partial charge in [-0.25, -0.2) is 9.59 Å². The number of aryl methyl sites for hydroxylation is 4. The third-order valence-electron chi connectivity index (χ3n) is 9.95. The lowest BCUT2D eigenvalue weighted by Gasteiger charge is -2.14. The van der Waals surface area contributed by atoms with E-state index in [0.717, 1.165) is 104 Å². The van der Waals surface area contributed by atoms with Crippen LogP contribution in [0.15, 0.2) is 109 Å². The van der Waals surface area contributed by atoms with Crippen molar-refractivity contribution in [1.82, 2.24) is 9.97 Å². The van der Waals surface area contributed by atoms with E-state index in [1.54, 1.807) is 34.5 Å². The summed E-state index contributed by atoms with van der Waals surface area (Å²) >= 11 is 0. The van der Waals surface area contributed by atoms with Crippen LogP contribution >= 0.6 is 0 Å². The van der Waals surface area contributed by atoms with Crippen molar-refractivity contribution in [2.24, 2.45) is 0 Å². The lowest BCUT2D eigenvalue weighted by atomic mass is 9.94. The highest BCUT2D eigenvalue weighted by Gasteiger charge is 2.16. The predicted molar refractivity (Wildman–Crippen MR) is 231 cm³/mol. The number of nitrogens with zero attached hydrogens (tertiary/aromatic N) is 2. The van der Waals surface area contributed by atoms with E-state index in [1.165, 1.54) is 7.11 Å². The van der Waals surface area contributed by atoms with Crippen LogP contribution in [0, 0.1) is 13.8 Å². The van der Waals surface area contributed by atoms with Crippen LogP contribution in [-0.4, -0.2) is 75.8 Å². The molecule has 0 spiro atoms. The molecule has 0 bridgehead atoms. The fourth-order valence-electron chi connectivity index (χ4n) is 6.77. The van der Waals surface area contributed by atoms with Gasteiger partial charge in [0.05, 0.1) is 43.8 Å². The third-order valence-corrected chi connectivity index (χ3v) is 9.95. The average Bonchev–Trinajstić information content (AvgIpc) is 3.26. The largest absolute Gasteiger partial charge is 0.497 e. The number of carboxylic acid groups (broad SMARTS) is 1. The quantitative estimate of drug-likeness (QED) is 0.0747. The first-order valence-electron chi connectivity index (χ1n) is 19.4.